The number of rotatable bonds is 15. The molecule has 0 N–H and O–H groups in total. The number of pyridine rings is 9. The van der Waals surface area contributed by atoms with Crippen molar-refractivity contribution in [2.45, 2.75) is 0 Å². The summed E-state index contributed by atoms with van der Waals surface area (Å²) in [5, 5.41) is 0. The molecule has 0 atom stereocenters. The van der Waals surface area contributed by atoms with Gasteiger partial charge in [-0.2, -0.15) is 0 Å². The van der Waals surface area contributed by atoms with E-state index in [0.29, 0.717) is 0 Å². The smallest absolute Gasteiger partial charge is 0.0900 e. The van der Waals surface area contributed by atoms with Crippen molar-refractivity contribution in [2.75, 3.05) is 4.90 Å². The van der Waals surface area contributed by atoms with Crippen LogP contribution in [-0.2, 0) is 0 Å². The van der Waals surface area contributed by atoms with E-state index in [0.717, 1.165) is 152 Å². The number of nitrogens with zero attached hydrogens (tertiary/aromatic N) is 10. The van der Waals surface area contributed by atoms with Gasteiger partial charge in [0.25, 0.3) is 0 Å². The van der Waals surface area contributed by atoms with Crippen molar-refractivity contribution >= 4 is 17.1 Å². The van der Waals surface area contributed by atoms with Gasteiger partial charge in [-0.15, -0.1) is 0 Å². The summed E-state index contributed by atoms with van der Waals surface area (Å²) in [6.45, 7) is 0. The van der Waals surface area contributed by atoms with Crippen LogP contribution in [0.4, 0.5) is 17.1 Å². The molecule has 15 aromatic rings. The average molecular weight is 1170 g/mol. The SMILES string of the molecule is c1ccc(-c2cc(-c3cccc(-c4ccc(N(c5ccc(-c6cccc(-c7cc(-c8ccccn8)nc(-c8ccccn8)c7)c6)cc5)c5ccc(-c6cccc(-c7cc(-c8ccccn8)nc(-c8ccccn8)c7)c6)cc5)cc4)c3)cc(-c3ccccn3)n2)nc1. The predicted octanol–water partition coefficient (Wildman–Crippen LogP) is 19.7. The molecule has 0 amide bonds. The zero-order valence-electron chi connectivity index (χ0n) is 49.1. The number of anilines is 3. The normalized spacial score (nSPS) is 11.1. The molecule has 0 radical (unpaired) electrons. The highest BCUT2D eigenvalue weighted by atomic mass is 15.1. The Labute approximate surface area is 527 Å². The topological polar surface area (TPSA) is 119 Å². The fourth-order valence-corrected chi connectivity index (χ4v) is 11.5. The van der Waals surface area contributed by atoms with Gasteiger partial charge in [-0.05, 0) is 231 Å². The maximum atomic E-state index is 5.03. The summed E-state index contributed by atoms with van der Waals surface area (Å²) in [6, 6.07) is 101. The Balaban J connectivity index is 0.777. The molecular formula is C81H54N10. The van der Waals surface area contributed by atoms with E-state index in [1.54, 1.807) is 37.2 Å². The van der Waals surface area contributed by atoms with E-state index in [1.165, 1.54) is 0 Å². The third kappa shape index (κ3) is 12.0. The molecule has 0 aliphatic carbocycles. The minimum absolute atomic E-state index is 0.781. The standard InChI is InChI=1S/C81H54N10/c1-7-40-82-70(22-1)76-49-64(50-77(88-76)71-23-2-8-41-83-71)61-19-13-16-58(46-61)55-28-34-67(35-29-55)91(68-36-30-56(31-37-68)59-17-14-20-62(47-59)65-51-78(72-24-3-9-42-84-72)89-79(52-65)73-25-4-10-43-85-73)69-38-32-57(33-39-69)60-18-15-21-63(48-60)66-53-80(74-26-5-11-44-86-74)90-81(54-66)75-27-6-12-45-87-75/h1-54H. The first-order valence-electron chi connectivity index (χ1n) is 30.0. The molecule has 0 saturated heterocycles. The summed E-state index contributed by atoms with van der Waals surface area (Å²) in [4.78, 5) is 45.4. The Morgan fingerprint density at radius 3 is 0.560 bits per heavy atom. The van der Waals surface area contributed by atoms with E-state index in [1.807, 2.05) is 109 Å². The molecule has 6 aromatic carbocycles. The molecule has 9 heterocycles. The second-order valence-electron chi connectivity index (χ2n) is 21.9. The van der Waals surface area contributed by atoms with Crippen molar-refractivity contribution in [1.82, 2.24) is 44.9 Å². The van der Waals surface area contributed by atoms with Crippen molar-refractivity contribution < 1.29 is 0 Å². The molecular weight excluding hydrogens is 1110 g/mol. The van der Waals surface area contributed by atoms with Gasteiger partial charge in [-0.25, -0.2) is 15.0 Å². The van der Waals surface area contributed by atoms with Gasteiger partial charge in [-0.3, -0.25) is 29.9 Å². The fraction of sp³-hybridized carbons (Fsp3) is 0. The molecule has 0 fully saturated rings. The van der Waals surface area contributed by atoms with Crippen molar-refractivity contribution in [3.05, 3.63) is 328 Å². The van der Waals surface area contributed by atoms with E-state index >= 15 is 0 Å². The van der Waals surface area contributed by atoms with E-state index in [-0.39, 0.29) is 0 Å². The fourth-order valence-electron chi connectivity index (χ4n) is 11.5. The molecule has 0 spiro atoms. The zero-order chi connectivity index (χ0) is 60.7. The van der Waals surface area contributed by atoms with Crippen LogP contribution in [-0.4, -0.2) is 44.9 Å². The molecule has 10 nitrogen and oxygen atoms in total. The summed E-state index contributed by atoms with van der Waals surface area (Å²) in [5.41, 5.74) is 25.3. The minimum atomic E-state index is 0.781. The van der Waals surface area contributed by atoms with Crippen LogP contribution in [0.3, 0.4) is 0 Å². The number of hydrogen-bond acceptors (Lipinski definition) is 10. The van der Waals surface area contributed by atoms with Gasteiger partial charge < -0.3 is 4.90 Å². The van der Waals surface area contributed by atoms with Crippen LogP contribution in [0.5, 0.6) is 0 Å². The lowest BCUT2D eigenvalue weighted by Gasteiger charge is -2.26. The van der Waals surface area contributed by atoms with Crippen LogP contribution in [0.1, 0.15) is 0 Å². The second-order valence-corrected chi connectivity index (χ2v) is 21.9. The van der Waals surface area contributed by atoms with Gasteiger partial charge in [0.05, 0.1) is 68.3 Å². The Morgan fingerprint density at radius 2 is 0.363 bits per heavy atom. The molecule has 0 bridgehead atoms. The third-order valence-corrected chi connectivity index (χ3v) is 16.0. The van der Waals surface area contributed by atoms with Gasteiger partial charge in [0, 0.05) is 54.2 Å². The molecule has 10 heteroatoms. The second kappa shape index (κ2) is 25.1. The van der Waals surface area contributed by atoms with Crippen LogP contribution in [0.2, 0.25) is 0 Å². The highest BCUT2D eigenvalue weighted by Crippen LogP contribution is 2.41. The van der Waals surface area contributed by atoms with Crippen molar-refractivity contribution in [2.24, 2.45) is 0 Å². The highest BCUT2D eigenvalue weighted by molar-refractivity contribution is 5.85. The molecule has 0 unspecified atom stereocenters. The quantitative estimate of drug-likeness (QED) is 0.0981. The summed E-state index contributed by atoms with van der Waals surface area (Å²) in [6.07, 6.45) is 10.8. The Hall–Kier alpha value is -12.5. The van der Waals surface area contributed by atoms with Crippen LogP contribution < -0.4 is 4.90 Å². The molecule has 0 aliphatic rings. The van der Waals surface area contributed by atoms with Gasteiger partial charge in [0.15, 0.2) is 0 Å². The maximum Gasteiger partial charge on any atom is 0.0900 e. The summed E-state index contributed by atoms with van der Waals surface area (Å²) in [5.74, 6) is 0. The Bertz CT molecular complexity index is 4320. The first kappa shape index (κ1) is 55.1. The van der Waals surface area contributed by atoms with Gasteiger partial charge >= 0.3 is 0 Å². The summed E-state index contributed by atoms with van der Waals surface area (Å²) in [7, 11) is 0. The van der Waals surface area contributed by atoms with Gasteiger partial charge in [0.2, 0.25) is 0 Å². The largest absolute Gasteiger partial charge is 0.311 e. The van der Waals surface area contributed by atoms with E-state index in [2.05, 4.69) is 217 Å². The molecule has 428 valence electrons. The van der Waals surface area contributed by atoms with Crippen molar-refractivity contribution in [1.29, 1.82) is 0 Å². The average Bonchev–Trinajstić information content (AvgIpc) is 2.18. The van der Waals surface area contributed by atoms with Crippen LogP contribution >= 0.6 is 0 Å². The minimum Gasteiger partial charge on any atom is -0.311 e. The molecule has 15 rings (SSSR count). The lowest BCUT2D eigenvalue weighted by molar-refractivity contribution is 1.22. The first-order valence-corrected chi connectivity index (χ1v) is 30.0. The highest BCUT2D eigenvalue weighted by Gasteiger charge is 2.18. The zero-order valence-corrected chi connectivity index (χ0v) is 49.1. The van der Waals surface area contributed by atoms with Crippen molar-refractivity contribution in [3.8, 4) is 135 Å². The van der Waals surface area contributed by atoms with E-state index in [4.69, 9.17) is 15.0 Å². The number of hydrogen-bond donors (Lipinski definition) is 0. The molecule has 91 heavy (non-hydrogen) atoms. The van der Waals surface area contributed by atoms with Crippen LogP contribution in [0, 0.1) is 0 Å². The Kier molecular flexibility index (Phi) is 15.2. The lowest BCUT2D eigenvalue weighted by Crippen LogP contribution is -2.09. The Morgan fingerprint density at radius 1 is 0.154 bits per heavy atom. The van der Waals surface area contributed by atoms with Crippen LogP contribution in [0.25, 0.3) is 135 Å². The monoisotopic (exact) mass is 1170 g/mol. The number of aromatic nitrogens is 9. The van der Waals surface area contributed by atoms with E-state index < -0.39 is 0 Å². The van der Waals surface area contributed by atoms with Gasteiger partial charge in [0.1, 0.15) is 0 Å². The van der Waals surface area contributed by atoms with E-state index in [9.17, 15) is 0 Å². The number of benzene rings is 6. The van der Waals surface area contributed by atoms with Crippen LogP contribution in [0.15, 0.2) is 328 Å². The van der Waals surface area contributed by atoms with Gasteiger partial charge in [-0.1, -0.05) is 127 Å². The molecule has 9 aromatic heterocycles. The third-order valence-electron chi connectivity index (χ3n) is 16.0. The molecule has 0 aliphatic heterocycles. The summed E-state index contributed by atoms with van der Waals surface area (Å²) < 4.78 is 0. The maximum absolute atomic E-state index is 5.03. The predicted molar refractivity (Wildman–Crippen MR) is 367 cm³/mol. The lowest BCUT2D eigenvalue weighted by atomic mass is 9.97. The summed E-state index contributed by atoms with van der Waals surface area (Å²) >= 11 is 0. The van der Waals surface area contributed by atoms with Crippen molar-refractivity contribution in [3.63, 3.8) is 0 Å². The molecule has 0 saturated carbocycles. The first-order chi connectivity index (χ1) is 45.0.